The van der Waals surface area contributed by atoms with E-state index in [1.54, 1.807) is 11.1 Å². The smallest absolute Gasteiger partial charge is 0.241 e. The summed E-state index contributed by atoms with van der Waals surface area (Å²) in [5, 5.41) is 3.27. The number of pyridine rings is 1. The second-order valence-corrected chi connectivity index (χ2v) is 5.75. The van der Waals surface area contributed by atoms with Crippen LogP contribution < -0.4 is 15.0 Å². The lowest BCUT2D eigenvalue weighted by Gasteiger charge is -2.32. The standard InChI is InChI=1S/C17H22N6O2/c1-3-25-17-13(5-4-6-18-17)10-19-14-9-15(21-12-20-14)23-8-7-22(2)16(24)11-23/h4-6,9,12H,3,7-8,10-11H2,1-2H3,(H,19,20,21). The first-order chi connectivity index (χ1) is 12.2. The minimum atomic E-state index is 0.0936. The van der Waals surface area contributed by atoms with Crippen LogP contribution in [0.2, 0.25) is 0 Å². The maximum absolute atomic E-state index is 11.9. The highest BCUT2D eigenvalue weighted by atomic mass is 16.5. The maximum Gasteiger partial charge on any atom is 0.241 e. The fourth-order valence-corrected chi connectivity index (χ4v) is 2.58. The van der Waals surface area contributed by atoms with Crippen molar-refractivity contribution < 1.29 is 9.53 Å². The van der Waals surface area contributed by atoms with Crippen molar-refractivity contribution in [1.82, 2.24) is 19.9 Å². The Kier molecular flexibility index (Phi) is 5.27. The molecule has 8 heteroatoms. The zero-order valence-corrected chi connectivity index (χ0v) is 14.5. The molecule has 1 aliphatic heterocycles. The molecule has 0 bridgehead atoms. The van der Waals surface area contributed by atoms with Crippen LogP contribution in [0.5, 0.6) is 5.88 Å². The Bertz CT molecular complexity index is 739. The molecule has 1 saturated heterocycles. The average Bonchev–Trinajstić information content (AvgIpc) is 2.64. The molecule has 25 heavy (non-hydrogen) atoms. The number of carbonyl (C=O) groups is 1. The van der Waals surface area contributed by atoms with Crippen LogP contribution in [0.25, 0.3) is 0 Å². The summed E-state index contributed by atoms with van der Waals surface area (Å²) in [5.74, 6) is 2.16. The Morgan fingerprint density at radius 2 is 2.16 bits per heavy atom. The number of hydrogen-bond acceptors (Lipinski definition) is 7. The zero-order chi connectivity index (χ0) is 17.6. The number of hydrogen-bond donors (Lipinski definition) is 1. The summed E-state index contributed by atoms with van der Waals surface area (Å²) >= 11 is 0. The summed E-state index contributed by atoms with van der Waals surface area (Å²) in [7, 11) is 1.82. The van der Waals surface area contributed by atoms with Crippen LogP contribution in [0.3, 0.4) is 0 Å². The Labute approximate surface area is 146 Å². The van der Waals surface area contributed by atoms with Gasteiger partial charge in [0.15, 0.2) is 0 Å². The molecule has 0 saturated carbocycles. The van der Waals surface area contributed by atoms with Crippen molar-refractivity contribution in [1.29, 1.82) is 0 Å². The molecule has 3 heterocycles. The van der Waals surface area contributed by atoms with E-state index in [4.69, 9.17) is 4.74 Å². The van der Waals surface area contributed by atoms with Gasteiger partial charge in [-0.05, 0) is 13.0 Å². The molecule has 1 amide bonds. The Morgan fingerprint density at radius 3 is 2.96 bits per heavy atom. The van der Waals surface area contributed by atoms with Gasteiger partial charge in [0, 0.05) is 44.5 Å². The largest absolute Gasteiger partial charge is 0.478 e. The lowest BCUT2D eigenvalue weighted by molar-refractivity contribution is -0.129. The summed E-state index contributed by atoms with van der Waals surface area (Å²) in [6.45, 7) is 4.83. The second-order valence-electron chi connectivity index (χ2n) is 5.75. The zero-order valence-electron chi connectivity index (χ0n) is 14.5. The molecular weight excluding hydrogens is 320 g/mol. The number of nitrogens with zero attached hydrogens (tertiary/aromatic N) is 5. The lowest BCUT2D eigenvalue weighted by atomic mass is 10.2. The van der Waals surface area contributed by atoms with Crippen LogP contribution in [0.15, 0.2) is 30.7 Å². The summed E-state index contributed by atoms with van der Waals surface area (Å²) in [5.41, 5.74) is 0.958. The molecule has 1 aliphatic rings. The average molecular weight is 342 g/mol. The Morgan fingerprint density at radius 1 is 1.28 bits per heavy atom. The molecule has 0 aromatic carbocycles. The number of piperazine rings is 1. The van der Waals surface area contributed by atoms with Gasteiger partial charge in [-0.25, -0.2) is 15.0 Å². The molecule has 8 nitrogen and oxygen atoms in total. The normalized spacial score (nSPS) is 14.6. The van der Waals surface area contributed by atoms with Crippen molar-refractivity contribution in [2.75, 3.05) is 43.5 Å². The molecule has 2 aromatic rings. The van der Waals surface area contributed by atoms with Crippen molar-refractivity contribution in [2.24, 2.45) is 0 Å². The van der Waals surface area contributed by atoms with Gasteiger partial charge < -0.3 is 19.9 Å². The van der Waals surface area contributed by atoms with E-state index in [0.29, 0.717) is 37.9 Å². The van der Waals surface area contributed by atoms with E-state index in [2.05, 4.69) is 20.3 Å². The number of aromatic nitrogens is 3. The van der Waals surface area contributed by atoms with Crippen LogP contribution in [0.4, 0.5) is 11.6 Å². The molecular formula is C17H22N6O2. The number of nitrogens with one attached hydrogen (secondary N) is 1. The van der Waals surface area contributed by atoms with E-state index in [-0.39, 0.29) is 5.91 Å². The maximum atomic E-state index is 11.9. The van der Waals surface area contributed by atoms with Crippen molar-refractivity contribution in [3.8, 4) is 5.88 Å². The van der Waals surface area contributed by atoms with Crippen molar-refractivity contribution in [3.63, 3.8) is 0 Å². The summed E-state index contributed by atoms with van der Waals surface area (Å²) in [4.78, 5) is 28.4. The Balaban J connectivity index is 1.67. The third-order valence-corrected chi connectivity index (χ3v) is 4.02. The molecule has 0 unspecified atom stereocenters. The highest BCUT2D eigenvalue weighted by Crippen LogP contribution is 2.19. The van der Waals surface area contributed by atoms with Crippen LogP contribution in [0, 0.1) is 0 Å². The van der Waals surface area contributed by atoms with Gasteiger partial charge in [0.25, 0.3) is 0 Å². The van der Waals surface area contributed by atoms with Gasteiger partial charge in [-0.15, -0.1) is 0 Å². The highest BCUT2D eigenvalue weighted by molar-refractivity contribution is 5.82. The van der Waals surface area contributed by atoms with E-state index in [1.807, 2.05) is 37.1 Å². The predicted molar refractivity (Wildman–Crippen MR) is 94.6 cm³/mol. The molecule has 0 spiro atoms. The summed E-state index contributed by atoms with van der Waals surface area (Å²) in [6.07, 6.45) is 3.22. The van der Waals surface area contributed by atoms with Crippen LogP contribution >= 0.6 is 0 Å². The first-order valence-electron chi connectivity index (χ1n) is 8.29. The second kappa shape index (κ2) is 7.78. The minimum absolute atomic E-state index is 0.0936. The third kappa shape index (κ3) is 4.14. The van der Waals surface area contributed by atoms with Crippen molar-refractivity contribution in [2.45, 2.75) is 13.5 Å². The summed E-state index contributed by atoms with van der Waals surface area (Å²) in [6, 6.07) is 5.70. The number of likely N-dealkylation sites (N-methyl/N-ethyl adjacent to an activating group) is 1. The number of carbonyl (C=O) groups excluding carboxylic acids is 1. The first-order valence-corrected chi connectivity index (χ1v) is 8.29. The molecule has 3 rings (SSSR count). The van der Waals surface area contributed by atoms with Gasteiger partial charge in [0.1, 0.15) is 18.0 Å². The van der Waals surface area contributed by atoms with Gasteiger partial charge in [-0.2, -0.15) is 0 Å². The molecule has 2 aromatic heterocycles. The molecule has 1 fully saturated rings. The van der Waals surface area contributed by atoms with E-state index < -0.39 is 0 Å². The van der Waals surface area contributed by atoms with Gasteiger partial charge >= 0.3 is 0 Å². The molecule has 0 atom stereocenters. The topological polar surface area (TPSA) is 83.5 Å². The van der Waals surface area contributed by atoms with E-state index in [1.165, 1.54) is 6.33 Å². The van der Waals surface area contributed by atoms with Crippen LogP contribution in [-0.4, -0.2) is 59.0 Å². The molecule has 0 radical (unpaired) electrons. The molecule has 0 aliphatic carbocycles. The van der Waals surface area contributed by atoms with Crippen LogP contribution in [-0.2, 0) is 11.3 Å². The van der Waals surface area contributed by atoms with E-state index in [9.17, 15) is 4.79 Å². The molecule has 132 valence electrons. The quantitative estimate of drug-likeness (QED) is 0.843. The highest BCUT2D eigenvalue weighted by Gasteiger charge is 2.22. The van der Waals surface area contributed by atoms with Gasteiger partial charge in [-0.1, -0.05) is 6.07 Å². The lowest BCUT2D eigenvalue weighted by Crippen LogP contribution is -2.48. The number of ether oxygens (including phenoxy) is 1. The third-order valence-electron chi connectivity index (χ3n) is 4.02. The molecule has 1 N–H and O–H groups in total. The van der Waals surface area contributed by atoms with Crippen LogP contribution in [0.1, 0.15) is 12.5 Å². The minimum Gasteiger partial charge on any atom is -0.478 e. The first kappa shape index (κ1) is 16.9. The van der Waals surface area contributed by atoms with E-state index >= 15 is 0 Å². The van der Waals surface area contributed by atoms with Crippen molar-refractivity contribution in [3.05, 3.63) is 36.3 Å². The summed E-state index contributed by atoms with van der Waals surface area (Å²) < 4.78 is 5.53. The van der Waals surface area contributed by atoms with E-state index in [0.717, 1.165) is 17.9 Å². The SMILES string of the molecule is CCOc1ncccc1CNc1cc(N2CCN(C)C(=O)C2)ncn1. The number of anilines is 2. The predicted octanol–water partition coefficient (Wildman–Crippen LogP) is 1.16. The van der Waals surface area contributed by atoms with Gasteiger partial charge in [-0.3, -0.25) is 4.79 Å². The number of amides is 1. The van der Waals surface area contributed by atoms with Gasteiger partial charge in [0.05, 0.1) is 13.2 Å². The van der Waals surface area contributed by atoms with Crippen molar-refractivity contribution >= 4 is 17.5 Å². The van der Waals surface area contributed by atoms with Gasteiger partial charge in [0.2, 0.25) is 11.8 Å². The Hall–Kier alpha value is -2.90. The fraction of sp³-hybridized carbons (Fsp3) is 0.412. The number of rotatable bonds is 6. The fourth-order valence-electron chi connectivity index (χ4n) is 2.58. The monoisotopic (exact) mass is 342 g/mol.